The smallest absolute Gasteiger partial charge is 0.331 e. The SMILES string of the molecule is CC(C)(C(=O)O)n1cc(NC(=O)COc2ccc(F)cc2F)cn1. The number of aliphatic carboxylic acids is 1. The zero-order chi connectivity index (χ0) is 17.9. The lowest BCUT2D eigenvalue weighted by Crippen LogP contribution is -2.35. The van der Waals surface area contributed by atoms with Gasteiger partial charge in [0.05, 0.1) is 11.9 Å². The van der Waals surface area contributed by atoms with Crippen LogP contribution in [0.15, 0.2) is 30.6 Å². The van der Waals surface area contributed by atoms with Gasteiger partial charge in [-0.3, -0.25) is 9.48 Å². The van der Waals surface area contributed by atoms with E-state index in [9.17, 15) is 18.4 Å². The predicted molar refractivity (Wildman–Crippen MR) is 79.7 cm³/mol. The second-order valence-electron chi connectivity index (χ2n) is 5.45. The number of rotatable bonds is 6. The zero-order valence-electron chi connectivity index (χ0n) is 12.9. The molecule has 0 aliphatic carbocycles. The van der Waals surface area contributed by atoms with Crippen LogP contribution in [0.4, 0.5) is 14.5 Å². The summed E-state index contributed by atoms with van der Waals surface area (Å²) in [5, 5.41) is 15.4. The number of amides is 1. The van der Waals surface area contributed by atoms with Gasteiger partial charge in [-0.15, -0.1) is 0 Å². The fraction of sp³-hybridized carbons (Fsp3) is 0.267. The molecule has 2 aromatic rings. The maximum Gasteiger partial charge on any atom is 0.331 e. The van der Waals surface area contributed by atoms with E-state index in [0.29, 0.717) is 6.07 Å². The first-order chi connectivity index (χ1) is 11.2. The van der Waals surface area contributed by atoms with Crippen molar-refractivity contribution in [2.75, 3.05) is 11.9 Å². The van der Waals surface area contributed by atoms with Gasteiger partial charge in [-0.05, 0) is 26.0 Å². The Balaban J connectivity index is 1.96. The highest BCUT2D eigenvalue weighted by Gasteiger charge is 2.30. The minimum atomic E-state index is -1.28. The van der Waals surface area contributed by atoms with Crippen LogP contribution in [0.25, 0.3) is 0 Å². The summed E-state index contributed by atoms with van der Waals surface area (Å²) < 4.78 is 32.3. The van der Waals surface area contributed by atoms with Crippen molar-refractivity contribution < 1.29 is 28.2 Å². The lowest BCUT2D eigenvalue weighted by atomic mass is 10.1. The summed E-state index contributed by atoms with van der Waals surface area (Å²) in [5.41, 5.74) is -1.02. The predicted octanol–water partition coefficient (Wildman–Crippen LogP) is 2.00. The van der Waals surface area contributed by atoms with Gasteiger partial charge in [-0.2, -0.15) is 5.10 Å². The van der Waals surface area contributed by atoms with Crippen molar-refractivity contribution in [2.24, 2.45) is 0 Å². The first-order valence-electron chi connectivity index (χ1n) is 6.86. The number of hydrogen-bond donors (Lipinski definition) is 2. The zero-order valence-corrected chi connectivity index (χ0v) is 12.9. The van der Waals surface area contributed by atoms with Crippen LogP contribution < -0.4 is 10.1 Å². The van der Waals surface area contributed by atoms with E-state index in [0.717, 1.165) is 12.1 Å². The lowest BCUT2D eigenvalue weighted by Gasteiger charge is -2.19. The number of nitrogens with one attached hydrogen (secondary N) is 1. The second kappa shape index (κ2) is 6.65. The number of benzene rings is 1. The number of nitrogens with zero attached hydrogens (tertiary/aromatic N) is 2. The molecule has 0 spiro atoms. The third kappa shape index (κ3) is 3.86. The van der Waals surface area contributed by atoms with Crippen molar-refractivity contribution in [1.82, 2.24) is 9.78 Å². The molecule has 0 saturated carbocycles. The molecule has 0 unspecified atom stereocenters. The summed E-state index contributed by atoms with van der Waals surface area (Å²) in [6.45, 7) is 2.40. The van der Waals surface area contributed by atoms with E-state index in [1.807, 2.05) is 0 Å². The first kappa shape index (κ1) is 17.4. The summed E-state index contributed by atoms with van der Waals surface area (Å²) in [7, 11) is 0. The average molecular weight is 339 g/mol. The van der Waals surface area contributed by atoms with Gasteiger partial charge in [-0.1, -0.05) is 0 Å². The highest BCUT2D eigenvalue weighted by molar-refractivity contribution is 5.91. The summed E-state index contributed by atoms with van der Waals surface area (Å²) in [4.78, 5) is 22.9. The molecule has 1 amide bonds. The van der Waals surface area contributed by atoms with Crippen molar-refractivity contribution in [3.63, 3.8) is 0 Å². The molecule has 128 valence electrons. The lowest BCUT2D eigenvalue weighted by molar-refractivity contribution is -0.146. The highest BCUT2D eigenvalue weighted by atomic mass is 19.1. The Hall–Kier alpha value is -2.97. The molecule has 0 saturated heterocycles. The minimum absolute atomic E-state index is 0.255. The fourth-order valence-corrected chi connectivity index (χ4v) is 1.72. The Morgan fingerprint density at radius 1 is 1.38 bits per heavy atom. The number of carboxylic acids is 1. The third-order valence-corrected chi connectivity index (χ3v) is 3.22. The molecule has 0 atom stereocenters. The standard InChI is InChI=1S/C15H15F2N3O4/c1-15(2,14(22)23)20-7-10(6-18-20)19-13(21)8-24-12-4-3-9(16)5-11(12)17/h3-7H,8H2,1-2H3,(H,19,21)(H,22,23). The van der Waals surface area contributed by atoms with Gasteiger partial charge in [-0.25, -0.2) is 13.6 Å². The van der Waals surface area contributed by atoms with Crippen molar-refractivity contribution >= 4 is 17.6 Å². The molecule has 0 radical (unpaired) electrons. The van der Waals surface area contributed by atoms with Crippen molar-refractivity contribution in [2.45, 2.75) is 19.4 Å². The summed E-state index contributed by atoms with van der Waals surface area (Å²) >= 11 is 0. The fourth-order valence-electron chi connectivity index (χ4n) is 1.72. The Morgan fingerprint density at radius 2 is 2.08 bits per heavy atom. The quantitative estimate of drug-likeness (QED) is 0.839. The van der Waals surface area contributed by atoms with Crippen LogP contribution in [0, 0.1) is 11.6 Å². The number of ether oxygens (including phenoxy) is 1. The summed E-state index contributed by atoms with van der Waals surface area (Å²) in [5.74, 6) is -3.61. The second-order valence-corrected chi connectivity index (χ2v) is 5.45. The molecule has 0 aliphatic heterocycles. The number of hydrogen-bond acceptors (Lipinski definition) is 4. The van der Waals surface area contributed by atoms with E-state index in [-0.39, 0.29) is 11.4 Å². The van der Waals surface area contributed by atoms with Crippen LogP contribution in [0.5, 0.6) is 5.75 Å². The van der Waals surface area contributed by atoms with Crippen molar-refractivity contribution in [3.8, 4) is 5.75 Å². The van der Waals surface area contributed by atoms with E-state index >= 15 is 0 Å². The molecule has 0 aliphatic rings. The molecular formula is C15H15F2N3O4. The van der Waals surface area contributed by atoms with Gasteiger partial charge < -0.3 is 15.2 Å². The van der Waals surface area contributed by atoms with Crippen LogP contribution in [0.1, 0.15) is 13.8 Å². The molecular weight excluding hydrogens is 324 g/mol. The van der Waals surface area contributed by atoms with E-state index in [1.54, 1.807) is 0 Å². The number of carbonyl (C=O) groups excluding carboxylic acids is 1. The van der Waals surface area contributed by atoms with Crippen LogP contribution in [0.3, 0.4) is 0 Å². The topological polar surface area (TPSA) is 93.5 Å². The first-order valence-corrected chi connectivity index (χ1v) is 6.86. The van der Waals surface area contributed by atoms with E-state index in [1.165, 1.54) is 30.9 Å². The molecule has 2 rings (SSSR count). The van der Waals surface area contributed by atoms with E-state index in [4.69, 9.17) is 9.84 Å². The Labute approximate surface area is 135 Å². The van der Waals surface area contributed by atoms with Gasteiger partial charge in [0.1, 0.15) is 5.82 Å². The number of halogens is 2. The molecule has 0 fully saturated rings. The molecule has 1 aromatic heterocycles. The van der Waals surface area contributed by atoms with Gasteiger partial charge in [0, 0.05) is 12.3 Å². The molecule has 0 bridgehead atoms. The minimum Gasteiger partial charge on any atom is -0.481 e. The van der Waals surface area contributed by atoms with E-state index in [2.05, 4.69) is 10.4 Å². The van der Waals surface area contributed by atoms with Gasteiger partial charge in [0.15, 0.2) is 23.7 Å². The maximum atomic E-state index is 13.4. The number of aromatic nitrogens is 2. The Bertz CT molecular complexity index is 774. The van der Waals surface area contributed by atoms with Crippen LogP contribution in [-0.2, 0) is 15.1 Å². The maximum absolute atomic E-state index is 13.4. The van der Waals surface area contributed by atoms with E-state index < -0.39 is 35.7 Å². The Kier molecular flexibility index (Phi) is 4.82. The van der Waals surface area contributed by atoms with Gasteiger partial charge in [0.2, 0.25) is 0 Å². The molecule has 2 N–H and O–H groups in total. The van der Waals surface area contributed by atoms with Crippen LogP contribution in [0.2, 0.25) is 0 Å². The highest BCUT2D eigenvalue weighted by Crippen LogP contribution is 2.19. The average Bonchev–Trinajstić information content (AvgIpc) is 2.95. The number of carbonyl (C=O) groups is 2. The van der Waals surface area contributed by atoms with Crippen molar-refractivity contribution in [3.05, 3.63) is 42.2 Å². The normalized spacial score (nSPS) is 11.2. The van der Waals surface area contributed by atoms with Crippen molar-refractivity contribution in [1.29, 1.82) is 0 Å². The summed E-state index contributed by atoms with van der Waals surface area (Å²) in [6, 6.07) is 2.73. The largest absolute Gasteiger partial charge is 0.481 e. The summed E-state index contributed by atoms with van der Waals surface area (Å²) in [6.07, 6.45) is 2.63. The van der Waals surface area contributed by atoms with Crippen LogP contribution >= 0.6 is 0 Å². The number of carboxylic acid groups (broad SMARTS) is 1. The molecule has 1 aromatic carbocycles. The molecule has 9 heteroatoms. The van der Waals surface area contributed by atoms with Crippen LogP contribution in [-0.4, -0.2) is 33.4 Å². The third-order valence-electron chi connectivity index (χ3n) is 3.22. The number of anilines is 1. The Morgan fingerprint density at radius 3 is 2.71 bits per heavy atom. The molecule has 24 heavy (non-hydrogen) atoms. The molecule has 1 heterocycles. The monoisotopic (exact) mass is 339 g/mol. The molecule has 7 nitrogen and oxygen atoms in total. The van der Waals surface area contributed by atoms with Gasteiger partial charge >= 0.3 is 5.97 Å². The van der Waals surface area contributed by atoms with Gasteiger partial charge in [0.25, 0.3) is 5.91 Å².